The van der Waals surface area contributed by atoms with Crippen LogP contribution in [-0.2, 0) is 35.1 Å². The fraction of sp³-hybridized carbons (Fsp3) is 0.520. The quantitative estimate of drug-likeness (QED) is 0.0908. The van der Waals surface area contributed by atoms with Crippen LogP contribution in [0.2, 0.25) is 0 Å². The number of hydrogen-bond donors (Lipinski definition) is 4. The molecule has 4 aliphatic rings. The molecule has 3 aromatic carbocycles. The molecule has 67 heavy (non-hydrogen) atoms. The number of carbonyl (C=O) groups is 4. The zero-order valence-electron chi connectivity index (χ0n) is 39.2. The van der Waals surface area contributed by atoms with Crippen molar-refractivity contribution in [3.05, 3.63) is 65.9 Å². The minimum Gasteiger partial charge on any atom is -0.488 e. The lowest BCUT2D eigenvalue weighted by Crippen LogP contribution is -2.54. The summed E-state index contributed by atoms with van der Waals surface area (Å²) in [6.45, 7) is 8.47. The number of alkyl carbamates (subject to hydrolysis) is 2. The monoisotopic (exact) mass is 918 g/mol. The lowest BCUT2D eigenvalue weighted by Gasteiger charge is -2.36. The maximum absolute atomic E-state index is 14.6. The minimum atomic E-state index is -0.743. The van der Waals surface area contributed by atoms with Crippen LogP contribution in [0, 0.1) is 17.8 Å². The molecule has 6 heterocycles. The molecule has 3 fully saturated rings. The number of nitrogens with one attached hydrogen (secondary N) is 4. The van der Waals surface area contributed by atoms with Gasteiger partial charge in [0, 0.05) is 49.8 Å². The summed E-state index contributed by atoms with van der Waals surface area (Å²) in [5.41, 5.74) is 6.53. The first kappa shape index (κ1) is 45.9. The first-order valence-electron chi connectivity index (χ1n) is 23.7. The van der Waals surface area contributed by atoms with Crippen molar-refractivity contribution in [3.63, 3.8) is 0 Å². The van der Waals surface area contributed by atoms with E-state index in [4.69, 9.17) is 33.7 Å². The number of amides is 4. The van der Waals surface area contributed by atoms with E-state index in [1.54, 1.807) is 7.11 Å². The number of rotatable bonds is 13. The molecule has 9 rings (SSSR count). The highest BCUT2D eigenvalue weighted by Gasteiger charge is 2.45. The Bertz CT molecular complexity index is 2640. The maximum Gasteiger partial charge on any atom is 0.407 e. The highest BCUT2D eigenvalue weighted by Crippen LogP contribution is 2.44. The Labute approximate surface area is 390 Å². The summed E-state index contributed by atoms with van der Waals surface area (Å²) in [6, 6.07) is 12.6. The molecule has 17 nitrogen and oxygen atoms in total. The van der Waals surface area contributed by atoms with Gasteiger partial charge in [-0.1, -0.05) is 45.4 Å². The van der Waals surface area contributed by atoms with Crippen LogP contribution in [0.4, 0.5) is 9.59 Å². The van der Waals surface area contributed by atoms with Gasteiger partial charge in [0.2, 0.25) is 11.8 Å². The van der Waals surface area contributed by atoms with E-state index in [0.717, 1.165) is 80.6 Å². The second-order valence-corrected chi connectivity index (χ2v) is 18.5. The predicted octanol–water partition coefficient (Wildman–Crippen LogP) is 7.57. The molecular weight excluding hydrogens is 857 g/mol. The van der Waals surface area contributed by atoms with Gasteiger partial charge in [-0.25, -0.2) is 19.6 Å². The zero-order valence-corrected chi connectivity index (χ0v) is 39.2. The van der Waals surface area contributed by atoms with E-state index < -0.39 is 24.3 Å². The topological polar surface area (TPSA) is 202 Å². The maximum atomic E-state index is 14.6. The van der Waals surface area contributed by atoms with Crippen molar-refractivity contribution in [2.24, 2.45) is 17.8 Å². The first-order chi connectivity index (χ1) is 32.5. The van der Waals surface area contributed by atoms with Crippen LogP contribution >= 0.6 is 0 Å². The summed E-state index contributed by atoms with van der Waals surface area (Å²) in [5, 5.41) is 7.61. The van der Waals surface area contributed by atoms with Gasteiger partial charge in [-0.05, 0) is 96.7 Å². The second-order valence-electron chi connectivity index (χ2n) is 18.5. The molecule has 0 radical (unpaired) electrons. The lowest BCUT2D eigenvalue weighted by molar-refractivity contribution is -0.139. The zero-order chi connectivity index (χ0) is 46.9. The normalized spacial score (nSPS) is 21.9. The first-order valence-corrected chi connectivity index (χ1v) is 23.7. The number of aromatic nitrogens is 4. The standard InChI is InChI=1S/C50H62N8O9/c1-7-27(3)42(55-49(61)64-5)47(59)57-24-28(25-63-4)19-40(57)45-51-23-38(53-45)31-9-12-34-32(20-31)26-67-41-22-35-30(21-36(34)41)10-13-37-44(35)54-46(52-37)39-14-11-33(8-2)58(39)48(60)43(56-50(62)65-6)29-15-17-66-18-16-29/h9-10,12-13,20-23,27-29,33,39-40,42-43H,7-8,11,14-19,24-26H2,1-6H3,(H,51,53)(H,52,54)(H,55,61)(H,56,62). The Morgan fingerprint density at radius 2 is 1.67 bits per heavy atom. The lowest BCUT2D eigenvalue weighted by atomic mass is 9.90. The van der Waals surface area contributed by atoms with Gasteiger partial charge in [-0.3, -0.25) is 9.59 Å². The van der Waals surface area contributed by atoms with Gasteiger partial charge in [0.05, 0.1) is 55.8 Å². The van der Waals surface area contributed by atoms with E-state index >= 15 is 0 Å². The predicted molar refractivity (Wildman–Crippen MR) is 250 cm³/mol. The third kappa shape index (κ3) is 8.90. The van der Waals surface area contributed by atoms with E-state index in [1.165, 1.54) is 14.2 Å². The molecule has 4 amide bonds. The molecule has 7 atom stereocenters. The number of hydrogen-bond acceptors (Lipinski definition) is 11. The molecule has 0 bridgehead atoms. The number of benzene rings is 3. The van der Waals surface area contributed by atoms with Crippen molar-refractivity contribution in [1.29, 1.82) is 0 Å². The molecule has 4 aliphatic heterocycles. The van der Waals surface area contributed by atoms with Crippen molar-refractivity contribution in [2.45, 2.75) is 103 Å². The summed E-state index contributed by atoms with van der Waals surface area (Å²) >= 11 is 0. The molecule has 0 saturated carbocycles. The Hall–Kier alpha value is -6.20. The smallest absolute Gasteiger partial charge is 0.407 e. The number of aromatic amines is 2. The summed E-state index contributed by atoms with van der Waals surface area (Å²) in [4.78, 5) is 74.5. The molecule has 3 saturated heterocycles. The Balaban J connectivity index is 0.972. The molecule has 4 N–H and O–H groups in total. The number of carbonyl (C=O) groups excluding carboxylic acids is 4. The number of imidazole rings is 2. The number of ether oxygens (including phenoxy) is 5. The minimum absolute atomic E-state index is 0.00774. The fourth-order valence-electron chi connectivity index (χ4n) is 10.8. The Morgan fingerprint density at radius 3 is 2.42 bits per heavy atom. The molecule has 0 aliphatic carbocycles. The van der Waals surface area contributed by atoms with Gasteiger partial charge < -0.3 is 54.1 Å². The van der Waals surface area contributed by atoms with Gasteiger partial charge in [-0.2, -0.15) is 0 Å². The van der Waals surface area contributed by atoms with E-state index in [9.17, 15) is 19.2 Å². The van der Waals surface area contributed by atoms with Gasteiger partial charge >= 0.3 is 12.2 Å². The second kappa shape index (κ2) is 19.6. The van der Waals surface area contributed by atoms with Crippen molar-refractivity contribution in [3.8, 4) is 28.1 Å². The molecule has 0 spiro atoms. The molecule has 17 heteroatoms. The molecule has 7 unspecified atom stereocenters. The van der Waals surface area contributed by atoms with Gasteiger partial charge in [0.1, 0.15) is 36.1 Å². The fourth-order valence-corrected chi connectivity index (χ4v) is 10.8. The number of likely N-dealkylation sites (tertiary alicyclic amines) is 2. The summed E-state index contributed by atoms with van der Waals surface area (Å²) in [7, 11) is 4.28. The Morgan fingerprint density at radius 1 is 0.881 bits per heavy atom. The van der Waals surface area contributed by atoms with Crippen LogP contribution < -0.4 is 15.4 Å². The largest absolute Gasteiger partial charge is 0.488 e. The molecule has 2 aromatic heterocycles. The van der Waals surface area contributed by atoms with Gasteiger partial charge in [0.15, 0.2) is 0 Å². The highest BCUT2D eigenvalue weighted by molar-refractivity contribution is 6.07. The van der Waals surface area contributed by atoms with Crippen molar-refractivity contribution in [1.82, 2.24) is 40.4 Å². The summed E-state index contributed by atoms with van der Waals surface area (Å²) in [6.07, 6.45) is 5.64. The average Bonchev–Trinajstić information content (AvgIpc) is 4.19. The van der Waals surface area contributed by atoms with E-state index in [0.29, 0.717) is 64.5 Å². The summed E-state index contributed by atoms with van der Waals surface area (Å²) in [5.74, 6) is 1.81. The SMILES string of the molecule is CCC(C)C(NC(=O)OC)C(=O)N1CC(COC)CC1c1ncc(-c2ccc3c(c2)COc2cc4c(ccc5[nH]c(C6CCC(CC)N6C(=O)C(NC(=O)OC)C6CCOCC6)nc54)cc2-3)[nH]1. The third-order valence-corrected chi connectivity index (χ3v) is 14.6. The number of methoxy groups -OCH3 is 3. The average molecular weight is 919 g/mol. The van der Waals surface area contributed by atoms with Gasteiger partial charge in [0.25, 0.3) is 0 Å². The van der Waals surface area contributed by atoms with E-state index in [1.807, 2.05) is 35.9 Å². The van der Waals surface area contributed by atoms with Crippen molar-refractivity contribution < 1.29 is 42.9 Å². The summed E-state index contributed by atoms with van der Waals surface area (Å²) < 4.78 is 27.4. The number of fused-ring (bicyclic) bond motifs is 6. The van der Waals surface area contributed by atoms with Crippen LogP contribution in [0.5, 0.6) is 5.75 Å². The van der Waals surface area contributed by atoms with E-state index in [2.05, 4.69) is 63.9 Å². The number of nitrogens with zero attached hydrogens (tertiary/aromatic N) is 4. The number of H-pyrrole nitrogens is 2. The molecular formula is C50H62N8O9. The third-order valence-electron chi connectivity index (χ3n) is 14.6. The van der Waals surface area contributed by atoms with Crippen LogP contribution in [0.3, 0.4) is 0 Å². The van der Waals surface area contributed by atoms with Crippen LogP contribution in [-0.4, -0.2) is 120 Å². The molecule has 356 valence electrons. The van der Waals surface area contributed by atoms with E-state index in [-0.39, 0.29) is 47.7 Å². The highest BCUT2D eigenvalue weighted by atomic mass is 16.5. The Kier molecular flexibility index (Phi) is 13.4. The van der Waals surface area contributed by atoms with Crippen molar-refractivity contribution >= 4 is 45.8 Å². The van der Waals surface area contributed by atoms with Gasteiger partial charge in [-0.15, -0.1) is 0 Å². The van der Waals surface area contributed by atoms with Crippen LogP contribution in [0.15, 0.2) is 48.7 Å². The molecule has 5 aromatic rings. The van der Waals surface area contributed by atoms with Crippen LogP contribution in [0.25, 0.3) is 44.2 Å². The van der Waals surface area contributed by atoms with Crippen molar-refractivity contribution in [2.75, 3.05) is 47.7 Å². The van der Waals surface area contributed by atoms with Crippen LogP contribution in [0.1, 0.15) is 95.0 Å².